The van der Waals surface area contributed by atoms with Gasteiger partial charge in [0.2, 0.25) is 0 Å². The molecular formula is C14H19NO2. The SMILES string of the molecule is CCc1ccccc1CN1CCC(C(=O)O)C1. The van der Waals surface area contributed by atoms with Crippen LogP contribution in [0.2, 0.25) is 0 Å². The summed E-state index contributed by atoms with van der Waals surface area (Å²) < 4.78 is 0. The molecule has 3 nitrogen and oxygen atoms in total. The number of likely N-dealkylation sites (tertiary alicyclic amines) is 1. The lowest BCUT2D eigenvalue weighted by molar-refractivity contribution is -0.141. The molecule has 0 aromatic heterocycles. The fraction of sp³-hybridized carbons (Fsp3) is 0.500. The Morgan fingerprint density at radius 1 is 1.41 bits per heavy atom. The molecule has 0 spiro atoms. The van der Waals surface area contributed by atoms with Crippen molar-refractivity contribution >= 4 is 5.97 Å². The number of rotatable bonds is 4. The van der Waals surface area contributed by atoms with E-state index in [1.54, 1.807) is 0 Å². The lowest BCUT2D eigenvalue weighted by Crippen LogP contribution is -2.23. The first-order valence-corrected chi connectivity index (χ1v) is 6.22. The highest BCUT2D eigenvalue weighted by Crippen LogP contribution is 2.20. The lowest BCUT2D eigenvalue weighted by atomic mass is 10.1. The van der Waals surface area contributed by atoms with Gasteiger partial charge in [0, 0.05) is 13.1 Å². The molecule has 1 heterocycles. The van der Waals surface area contributed by atoms with Crippen LogP contribution in [0, 0.1) is 5.92 Å². The van der Waals surface area contributed by atoms with E-state index in [0.717, 1.165) is 25.9 Å². The first-order valence-electron chi connectivity index (χ1n) is 6.22. The second kappa shape index (κ2) is 5.32. The Bertz CT molecular complexity index is 403. The zero-order valence-electron chi connectivity index (χ0n) is 10.2. The molecule has 1 saturated heterocycles. The summed E-state index contributed by atoms with van der Waals surface area (Å²) in [5, 5.41) is 8.97. The maximum Gasteiger partial charge on any atom is 0.307 e. The van der Waals surface area contributed by atoms with Gasteiger partial charge in [-0.05, 0) is 30.5 Å². The first-order chi connectivity index (χ1) is 8.20. The molecule has 0 saturated carbocycles. The fourth-order valence-electron chi connectivity index (χ4n) is 2.48. The number of nitrogens with zero attached hydrogens (tertiary/aromatic N) is 1. The van der Waals surface area contributed by atoms with Crippen molar-refractivity contribution in [3.63, 3.8) is 0 Å². The van der Waals surface area contributed by atoms with Crippen LogP contribution in [0.15, 0.2) is 24.3 Å². The van der Waals surface area contributed by atoms with Crippen LogP contribution in [0.25, 0.3) is 0 Å². The number of aryl methyl sites for hydroxylation is 1. The van der Waals surface area contributed by atoms with Gasteiger partial charge in [-0.15, -0.1) is 0 Å². The Labute approximate surface area is 102 Å². The fourth-order valence-corrected chi connectivity index (χ4v) is 2.48. The van der Waals surface area contributed by atoms with E-state index >= 15 is 0 Å². The van der Waals surface area contributed by atoms with E-state index in [4.69, 9.17) is 5.11 Å². The molecule has 2 rings (SSSR count). The highest BCUT2D eigenvalue weighted by atomic mass is 16.4. The summed E-state index contributed by atoms with van der Waals surface area (Å²) in [7, 11) is 0. The number of carboxylic acid groups (broad SMARTS) is 1. The lowest BCUT2D eigenvalue weighted by Gasteiger charge is -2.17. The van der Waals surface area contributed by atoms with Crippen molar-refractivity contribution < 1.29 is 9.90 Å². The standard InChI is InChI=1S/C14H19NO2/c1-2-11-5-3-4-6-12(11)9-15-8-7-13(10-15)14(16)17/h3-6,13H,2,7-10H2,1H3,(H,16,17). The van der Waals surface area contributed by atoms with E-state index in [2.05, 4.69) is 36.1 Å². The summed E-state index contributed by atoms with van der Waals surface area (Å²) in [5.74, 6) is -0.833. The molecule has 0 bridgehead atoms. The van der Waals surface area contributed by atoms with Gasteiger partial charge in [-0.3, -0.25) is 9.69 Å². The number of aliphatic carboxylic acids is 1. The molecule has 1 aromatic carbocycles. The van der Waals surface area contributed by atoms with Gasteiger partial charge in [-0.25, -0.2) is 0 Å². The zero-order valence-corrected chi connectivity index (χ0v) is 10.2. The smallest absolute Gasteiger partial charge is 0.307 e. The predicted molar refractivity (Wildman–Crippen MR) is 66.8 cm³/mol. The van der Waals surface area contributed by atoms with Gasteiger partial charge in [0.25, 0.3) is 0 Å². The van der Waals surface area contributed by atoms with Gasteiger partial charge in [-0.1, -0.05) is 31.2 Å². The van der Waals surface area contributed by atoms with Gasteiger partial charge in [0.15, 0.2) is 0 Å². The third-order valence-electron chi connectivity index (χ3n) is 3.51. The summed E-state index contributed by atoms with van der Waals surface area (Å²) in [4.78, 5) is 13.1. The van der Waals surface area contributed by atoms with Crippen LogP contribution >= 0.6 is 0 Å². The van der Waals surface area contributed by atoms with Crippen LogP contribution in [0.5, 0.6) is 0 Å². The molecule has 3 heteroatoms. The molecule has 0 aliphatic carbocycles. The molecule has 0 radical (unpaired) electrons. The van der Waals surface area contributed by atoms with Crippen LogP contribution in [0.4, 0.5) is 0 Å². The summed E-state index contributed by atoms with van der Waals surface area (Å²) in [6.45, 7) is 4.62. The van der Waals surface area contributed by atoms with E-state index in [9.17, 15) is 4.79 Å². The molecule has 17 heavy (non-hydrogen) atoms. The molecule has 1 aromatic rings. The quantitative estimate of drug-likeness (QED) is 0.866. The Kier molecular flexibility index (Phi) is 3.79. The number of benzene rings is 1. The average molecular weight is 233 g/mol. The number of carboxylic acids is 1. The Morgan fingerprint density at radius 3 is 2.71 bits per heavy atom. The number of carbonyl (C=O) groups is 1. The molecule has 1 aliphatic heterocycles. The molecule has 0 amide bonds. The van der Waals surface area contributed by atoms with Crippen LogP contribution in [0.1, 0.15) is 24.5 Å². The second-order valence-electron chi connectivity index (χ2n) is 4.68. The number of hydrogen-bond acceptors (Lipinski definition) is 2. The van der Waals surface area contributed by atoms with E-state index in [-0.39, 0.29) is 5.92 Å². The topological polar surface area (TPSA) is 40.5 Å². The van der Waals surface area contributed by atoms with Crippen LogP contribution in [-0.2, 0) is 17.8 Å². The normalized spacial score (nSPS) is 20.6. The maximum atomic E-state index is 10.9. The van der Waals surface area contributed by atoms with Crippen molar-refractivity contribution in [1.29, 1.82) is 0 Å². The van der Waals surface area contributed by atoms with Crippen LogP contribution in [0.3, 0.4) is 0 Å². The Morgan fingerprint density at radius 2 is 2.12 bits per heavy atom. The summed E-state index contributed by atoms with van der Waals surface area (Å²) >= 11 is 0. The Balaban J connectivity index is 2.00. The number of hydrogen-bond donors (Lipinski definition) is 1. The zero-order chi connectivity index (χ0) is 12.3. The largest absolute Gasteiger partial charge is 0.481 e. The minimum Gasteiger partial charge on any atom is -0.481 e. The van der Waals surface area contributed by atoms with Crippen molar-refractivity contribution in [2.45, 2.75) is 26.3 Å². The predicted octanol–water partition coefficient (Wildman–Crippen LogP) is 2.16. The van der Waals surface area contributed by atoms with Gasteiger partial charge in [-0.2, -0.15) is 0 Å². The summed E-state index contributed by atoms with van der Waals surface area (Å²) in [6, 6.07) is 8.42. The molecule has 1 unspecified atom stereocenters. The minimum atomic E-state index is -0.656. The van der Waals surface area contributed by atoms with Crippen LogP contribution in [-0.4, -0.2) is 29.1 Å². The van der Waals surface area contributed by atoms with Crippen molar-refractivity contribution in [3.05, 3.63) is 35.4 Å². The van der Waals surface area contributed by atoms with Gasteiger partial charge >= 0.3 is 5.97 Å². The van der Waals surface area contributed by atoms with E-state index in [1.165, 1.54) is 11.1 Å². The summed E-state index contributed by atoms with van der Waals surface area (Å²) in [6.07, 6.45) is 1.82. The first kappa shape index (κ1) is 12.1. The third-order valence-corrected chi connectivity index (χ3v) is 3.51. The third kappa shape index (κ3) is 2.86. The monoisotopic (exact) mass is 233 g/mol. The molecular weight excluding hydrogens is 214 g/mol. The van der Waals surface area contributed by atoms with Crippen molar-refractivity contribution in [3.8, 4) is 0 Å². The molecule has 1 aliphatic rings. The highest BCUT2D eigenvalue weighted by molar-refractivity contribution is 5.70. The molecule has 92 valence electrons. The molecule has 1 fully saturated rings. The van der Waals surface area contributed by atoms with E-state index < -0.39 is 5.97 Å². The average Bonchev–Trinajstić information content (AvgIpc) is 2.78. The van der Waals surface area contributed by atoms with Crippen molar-refractivity contribution in [2.24, 2.45) is 5.92 Å². The minimum absolute atomic E-state index is 0.177. The highest BCUT2D eigenvalue weighted by Gasteiger charge is 2.27. The molecule has 1 atom stereocenters. The van der Waals surface area contributed by atoms with Crippen LogP contribution < -0.4 is 0 Å². The summed E-state index contributed by atoms with van der Waals surface area (Å²) in [5.41, 5.74) is 2.70. The maximum absolute atomic E-state index is 10.9. The van der Waals surface area contributed by atoms with Gasteiger partial charge < -0.3 is 5.11 Å². The Hall–Kier alpha value is -1.35. The van der Waals surface area contributed by atoms with Crippen molar-refractivity contribution in [2.75, 3.05) is 13.1 Å². The van der Waals surface area contributed by atoms with E-state index in [1.807, 2.05) is 0 Å². The van der Waals surface area contributed by atoms with Gasteiger partial charge in [0.1, 0.15) is 0 Å². The molecule has 1 N–H and O–H groups in total. The second-order valence-corrected chi connectivity index (χ2v) is 4.68. The van der Waals surface area contributed by atoms with E-state index in [0.29, 0.717) is 6.54 Å². The van der Waals surface area contributed by atoms with Gasteiger partial charge in [0.05, 0.1) is 5.92 Å². The van der Waals surface area contributed by atoms with Crippen molar-refractivity contribution in [1.82, 2.24) is 4.90 Å².